The van der Waals surface area contributed by atoms with E-state index in [1.165, 1.54) is 19.2 Å². The maximum Gasteiger partial charge on any atom is 0.586 e. The summed E-state index contributed by atoms with van der Waals surface area (Å²) in [5, 5.41) is 3.14. The Labute approximate surface area is 195 Å². The van der Waals surface area contributed by atoms with Gasteiger partial charge in [0.2, 0.25) is 5.91 Å². The highest BCUT2D eigenvalue weighted by Crippen LogP contribution is 2.52. The van der Waals surface area contributed by atoms with E-state index in [9.17, 15) is 18.4 Å². The van der Waals surface area contributed by atoms with Gasteiger partial charge in [0.25, 0.3) is 0 Å². The van der Waals surface area contributed by atoms with Gasteiger partial charge in [-0.15, -0.1) is 8.78 Å². The van der Waals surface area contributed by atoms with Crippen LogP contribution in [0.25, 0.3) is 0 Å². The van der Waals surface area contributed by atoms with E-state index in [4.69, 9.17) is 9.47 Å². The Balaban J connectivity index is 1.27. The van der Waals surface area contributed by atoms with Gasteiger partial charge in [0, 0.05) is 12.6 Å². The fraction of sp³-hybridized carbons (Fsp3) is 0.440. The lowest BCUT2D eigenvalue weighted by Crippen LogP contribution is -2.44. The number of halogens is 2. The van der Waals surface area contributed by atoms with Crippen molar-refractivity contribution in [2.75, 3.05) is 13.7 Å². The number of alkyl halides is 2. The number of carbonyl (C=O) groups excluding carboxylic acids is 2. The van der Waals surface area contributed by atoms with Crippen molar-refractivity contribution in [1.29, 1.82) is 0 Å². The molecule has 0 spiro atoms. The second-order valence-corrected chi connectivity index (χ2v) is 9.03. The number of hydrogen-bond acceptors (Lipinski definition) is 6. The maximum atomic E-state index is 13.4. The van der Waals surface area contributed by atoms with Crippen molar-refractivity contribution in [3.8, 4) is 11.5 Å². The summed E-state index contributed by atoms with van der Waals surface area (Å²) in [5.41, 5.74) is 2.13. The summed E-state index contributed by atoms with van der Waals surface area (Å²) in [5.74, 6) is -0.606. The Kier molecular flexibility index (Phi) is 5.47. The molecule has 2 aromatic rings. The molecule has 34 heavy (non-hydrogen) atoms. The number of carbonyl (C=O) groups is 2. The Morgan fingerprint density at radius 3 is 2.56 bits per heavy atom. The molecule has 1 N–H and O–H groups in total. The molecule has 2 fully saturated rings. The van der Waals surface area contributed by atoms with Crippen molar-refractivity contribution < 1.29 is 37.3 Å². The Morgan fingerprint density at radius 2 is 1.85 bits per heavy atom. The van der Waals surface area contributed by atoms with Crippen LogP contribution in [-0.2, 0) is 19.7 Å². The number of esters is 1. The van der Waals surface area contributed by atoms with E-state index in [1.807, 2.05) is 19.1 Å². The van der Waals surface area contributed by atoms with Gasteiger partial charge in [-0.2, -0.15) is 0 Å². The molecule has 2 heterocycles. The van der Waals surface area contributed by atoms with Crippen LogP contribution in [0.2, 0.25) is 0 Å². The third-order valence-corrected chi connectivity index (χ3v) is 6.79. The molecule has 1 saturated heterocycles. The predicted octanol–water partition coefficient (Wildman–Crippen LogP) is 4.17. The summed E-state index contributed by atoms with van der Waals surface area (Å²) in [6.45, 7) is 2.33. The lowest BCUT2D eigenvalue weighted by Gasteiger charge is -2.32. The smallest absolute Gasteiger partial charge is 0.465 e. The third-order valence-electron chi connectivity index (χ3n) is 6.79. The zero-order valence-corrected chi connectivity index (χ0v) is 18.9. The minimum Gasteiger partial charge on any atom is -0.465 e. The van der Waals surface area contributed by atoms with E-state index in [2.05, 4.69) is 14.8 Å². The SMILES string of the molecule is COC(=O)c1ccc([C@@H]2C[C@H](NC(=O)C3(c4ccc5c(c4)OC(F)(F)O5)CC3)CCO2)cc1C. The normalized spacial score (nSPS) is 23.8. The number of hydrogen-bond donors (Lipinski definition) is 1. The number of nitrogens with one attached hydrogen (secondary N) is 1. The van der Waals surface area contributed by atoms with Gasteiger partial charge in [-0.25, -0.2) is 4.79 Å². The molecule has 7 nitrogen and oxygen atoms in total. The van der Waals surface area contributed by atoms with E-state index in [-0.39, 0.29) is 35.5 Å². The molecule has 180 valence electrons. The first-order valence-corrected chi connectivity index (χ1v) is 11.2. The molecule has 3 aliphatic rings. The number of amides is 1. The maximum absolute atomic E-state index is 13.4. The zero-order valence-electron chi connectivity index (χ0n) is 18.9. The number of rotatable bonds is 5. The van der Waals surface area contributed by atoms with Crippen molar-refractivity contribution in [2.45, 2.75) is 56.5 Å². The number of fused-ring (bicyclic) bond motifs is 1. The van der Waals surface area contributed by atoms with E-state index in [1.54, 1.807) is 12.1 Å². The minimum absolute atomic E-state index is 0.0364. The summed E-state index contributed by atoms with van der Waals surface area (Å²) in [6, 6.07) is 9.93. The zero-order chi connectivity index (χ0) is 24.1. The molecular formula is C25H25F2NO6. The van der Waals surface area contributed by atoms with Gasteiger partial charge in [-0.3, -0.25) is 4.79 Å². The number of methoxy groups -OCH3 is 1. The van der Waals surface area contributed by atoms with Crippen LogP contribution in [0.5, 0.6) is 11.5 Å². The van der Waals surface area contributed by atoms with Gasteiger partial charge >= 0.3 is 12.3 Å². The first-order chi connectivity index (χ1) is 16.2. The molecule has 2 aliphatic heterocycles. The molecule has 0 bridgehead atoms. The summed E-state index contributed by atoms with van der Waals surface area (Å²) >= 11 is 0. The fourth-order valence-electron chi connectivity index (χ4n) is 4.73. The molecule has 5 rings (SSSR count). The molecular weight excluding hydrogens is 448 g/mol. The molecule has 0 unspecified atom stereocenters. The number of aryl methyl sites for hydroxylation is 1. The van der Waals surface area contributed by atoms with Gasteiger partial charge in [-0.1, -0.05) is 18.2 Å². The quantitative estimate of drug-likeness (QED) is 0.657. The lowest BCUT2D eigenvalue weighted by atomic mass is 9.92. The standard InChI is InChI=1S/C25H25F2NO6/c1-14-11-15(3-5-18(14)22(29)31-2)20-13-17(7-10-32-20)28-23(30)24(8-9-24)16-4-6-19-21(12-16)34-25(26,27)33-19/h3-6,11-12,17,20H,7-10,13H2,1-2H3,(H,28,30)/t17-,20+/m1/s1. The first kappa shape index (κ1) is 22.6. The highest BCUT2D eigenvalue weighted by Gasteiger charge is 2.53. The van der Waals surface area contributed by atoms with Crippen LogP contribution in [0, 0.1) is 6.92 Å². The average Bonchev–Trinajstić information content (AvgIpc) is 3.56. The topological polar surface area (TPSA) is 83.1 Å². The van der Waals surface area contributed by atoms with Crippen LogP contribution in [0.1, 0.15) is 58.8 Å². The van der Waals surface area contributed by atoms with Gasteiger partial charge in [0.05, 0.1) is 24.2 Å². The van der Waals surface area contributed by atoms with E-state index < -0.39 is 11.7 Å². The van der Waals surface area contributed by atoms with Crippen LogP contribution in [0.3, 0.4) is 0 Å². The second kappa shape index (κ2) is 8.23. The lowest BCUT2D eigenvalue weighted by molar-refractivity contribution is -0.286. The van der Waals surface area contributed by atoms with E-state index >= 15 is 0 Å². The van der Waals surface area contributed by atoms with Crippen LogP contribution in [-0.4, -0.2) is 37.9 Å². The second-order valence-electron chi connectivity index (χ2n) is 9.03. The summed E-state index contributed by atoms with van der Waals surface area (Å²) in [4.78, 5) is 25.1. The number of benzene rings is 2. The van der Waals surface area contributed by atoms with E-state index in [0.717, 1.165) is 11.1 Å². The first-order valence-electron chi connectivity index (χ1n) is 11.2. The molecule has 1 saturated carbocycles. The highest BCUT2D eigenvalue weighted by atomic mass is 19.3. The van der Waals surface area contributed by atoms with Crippen molar-refractivity contribution in [1.82, 2.24) is 5.32 Å². The van der Waals surface area contributed by atoms with Gasteiger partial charge in [-0.05, 0) is 67.5 Å². The van der Waals surface area contributed by atoms with Gasteiger partial charge in [0.1, 0.15) is 0 Å². The van der Waals surface area contributed by atoms with Crippen LogP contribution < -0.4 is 14.8 Å². The molecule has 0 aromatic heterocycles. The minimum atomic E-state index is -3.69. The molecule has 1 aliphatic carbocycles. The van der Waals surface area contributed by atoms with Crippen molar-refractivity contribution >= 4 is 11.9 Å². The van der Waals surface area contributed by atoms with Crippen LogP contribution in [0.4, 0.5) is 8.78 Å². The Hall–Kier alpha value is -3.20. The van der Waals surface area contributed by atoms with E-state index in [0.29, 0.717) is 43.4 Å². The van der Waals surface area contributed by atoms with Gasteiger partial charge in [0.15, 0.2) is 11.5 Å². The van der Waals surface area contributed by atoms with Gasteiger partial charge < -0.3 is 24.3 Å². The monoisotopic (exact) mass is 473 g/mol. The number of ether oxygens (including phenoxy) is 4. The predicted molar refractivity (Wildman–Crippen MR) is 116 cm³/mol. The van der Waals surface area contributed by atoms with Crippen molar-refractivity contribution in [3.05, 3.63) is 58.7 Å². The molecule has 0 radical (unpaired) electrons. The van der Waals surface area contributed by atoms with Crippen LogP contribution >= 0.6 is 0 Å². The summed E-state index contributed by atoms with van der Waals surface area (Å²) in [6.07, 6.45) is -1.38. The molecule has 9 heteroatoms. The average molecular weight is 473 g/mol. The molecule has 2 atom stereocenters. The molecule has 2 aromatic carbocycles. The Bertz CT molecular complexity index is 1150. The van der Waals surface area contributed by atoms with Crippen LogP contribution in [0.15, 0.2) is 36.4 Å². The van der Waals surface area contributed by atoms with Crippen molar-refractivity contribution in [2.24, 2.45) is 0 Å². The largest absolute Gasteiger partial charge is 0.586 e. The summed E-state index contributed by atoms with van der Waals surface area (Å²) < 4.78 is 46.5. The summed E-state index contributed by atoms with van der Waals surface area (Å²) in [7, 11) is 1.35. The third kappa shape index (κ3) is 4.09. The fourth-order valence-corrected chi connectivity index (χ4v) is 4.73. The Morgan fingerprint density at radius 1 is 1.09 bits per heavy atom. The molecule has 1 amide bonds. The van der Waals surface area contributed by atoms with Crippen molar-refractivity contribution in [3.63, 3.8) is 0 Å². The highest BCUT2D eigenvalue weighted by molar-refractivity contribution is 5.92.